The lowest BCUT2D eigenvalue weighted by Crippen LogP contribution is -2.12. The highest BCUT2D eigenvalue weighted by molar-refractivity contribution is 7.99. The molecule has 0 radical (unpaired) electrons. The number of carbonyl (C=O) groups is 1. The molecule has 5 nitrogen and oxygen atoms in total. The third-order valence-corrected chi connectivity index (χ3v) is 4.38. The number of aromatic nitrogens is 3. The van der Waals surface area contributed by atoms with Gasteiger partial charge in [0.15, 0.2) is 5.16 Å². The molecule has 3 rings (SSSR count). The average molecular weight is 312 g/mol. The molecule has 0 atom stereocenters. The van der Waals surface area contributed by atoms with Gasteiger partial charge >= 0.3 is 0 Å². The molecule has 0 saturated carbocycles. The van der Waals surface area contributed by atoms with Crippen LogP contribution in [0.25, 0.3) is 0 Å². The van der Waals surface area contributed by atoms with Crippen LogP contribution < -0.4 is 5.32 Å². The molecular weight excluding hydrogens is 296 g/mol. The highest BCUT2D eigenvalue weighted by atomic mass is 32.2. The topological polar surface area (TPSA) is 62.7 Å². The zero-order valence-corrected chi connectivity index (χ0v) is 13.1. The van der Waals surface area contributed by atoms with Gasteiger partial charge in [-0.25, -0.2) is 4.98 Å². The zero-order valence-electron chi connectivity index (χ0n) is 12.3. The number of nitrogens with zero attached hydrogens (tertiary/aromatic N) is 2. The first-order valence-corrected chi connectivity index (χ1v) is 7.66. The molecule has 1 aromatic carbocycles. The van der Waals surface area contributed by atoms with E-state index in [0.717, 1.165) is 21.4 Å². The molecule has 3 aromatic rings. The third-order valence-electron chi connectivity index (χ3n) is 3.30. The second kappa shape index (κ2) is 6.11. The van der Waals surface area contributed by atoms with Crippen LogP contribution in [-0.2, 0) is 7.05 Å². The van der Waals surface area contributed by atoms with Gasteiger partial charge in [0, 0.05) is 41.9 Å². The molecule has 2 N–H and O–H groups in total. The van der Waals surface area contributed by atoms with Crippen molar-refractivity contribution < 1.29 is 4.79 Å². The first-order valence-electron chi connectivity index (χ1n) is 6.84. The van der Waals surface area contributed by atoms with E-state index in [-0.39, 0.29) is 5.91 Å². The molecule has 0 aliphatic heterocycles. The molecule has 0 saturated heterocycles. The van der Waals surface area contributed by atoms with Crippen molar-refractivity contribution in [2.24, 2.45) is 7.05 Å². The molecule has 2 aromatic heterocycles. The number of amides is 1. The van der Waals surface area contributed by atoms with Crippen LogP contribution in [0.3, 0.4) is 0 Å². The molecule has 112 valence electrons. The number of aromatic amines is 1. The standard InChI is InChI=1S/C16H16N4OS/c1-11-14(7-8-17-11)15(21)19-12-3-5-13(6-4-12)22-16-18-9-10-20(16)2/h3-10,17H,1-2H3,(H,19,21). The van der Waals surface area contributed by atoms with Crippen molar-refractivity contribution in [2.75, 3.05) is 5.32 Å². The van der Waals surface area contributed by atoms with E-state index in [0.29, 0.717) is 5.56 Å². The maximum Gasteiger partial charge on any atom is 0.257 e. The number of hydrogen-bond donors (Lipinski definition) is 2. The van der Waals surface area contributed by atoms with Crippen LogP contribution in [0.2, 0.25) is 0 Å². The SMILES string of the molecule is Cc1[nH]ccc1C(=O)Nc1ccc(Sc2nccn2C)cc1. The summed E-state index contributed by atoms with van der Waals surface area (Å²) in [6.45, 7) is 1.88. The highest BCUT2D eigenvalue weighted by Gasteiger charge is 2.10. The van der Waals surface area contributed by atoms with Gasteiger partial charge in [-0.15, -0.1) is 0 Å². The Hall–Kier alpha value is -2.47. The van der Waals surface area contributed by atoms with Crippen LogP contribution in [0.4, 0.5) is 5.69 Å². The molecule has 0 aliphatic carbocycles. The van der Waals surface area contributed by atoms with Gasteiger partial charge in [0.1, 0.15) is 0 Å². The summed E-state index contributed by atoms with van der Waals surface area (Å²) in [5.41, 5.74) is 2.29. The Bertz CT molecular complexity index is 789. The second-order valence-corrected chi connectivity index (χ2v) is 5.96. The van der Waals surface area contributed by atoms with Crippen LogP contribution in [-0.4, -0.2) is 20.4 Å². The lowest BCUT2D eigenvalue weighted by atomic mass is 10.2. The zero-order chi connectivity index (χ0) is 15.5. The molecule has 0 fully saturated rings. The minimum atomic E-state index is -0.108. The lowest BCUT2D eigenvalue weighted by Gasteiger charge is -2.06. The summed E-state index contributed by atoms with van der Waals surface area (Å²) >= 11 is 1.58. The predicted octanol–water partition coefficient (Wildman–Crippen LogP) is 3.46. The van der Waals surface area contributed by atoms with E-state index in [4.69, 9.17) is 0 Å². The monoisotopic (exact) mass is 312 g/mol. The van der Waals surface area contributed by atoms with Crippen molar-refractivity contribution in [3.05, 3.63) is 60.2 Å². The first-order chi connectivity index (χ1) is 10.6. The Kier molecular flexibility index (Phi) is 4.02. The number of rotatable bonds is 4. The van der Waals surface area contributed by atoms with Gasteiger partial charge in [0.05, 0.1) is 5.56 Å². The molecule has 1 amide bonds. The van der Waals surface area contributed by atoms with E-state index in [1.54, 1.807) is 30.2 Å². The van der Waals surface area contributed by atoms with Crippen molar-refractivity contribution in [2.45, 2.75) is 17.0 Å². The van der Waals surface area contributed by atoms with E-state index in [9.17, 15) is 4.79 Å². The van der Waals surface area contributed by atoms with Gasteiger partial charge in [0.2, 0.25) is 0 Å². The molecule has 0 unspecified atom stereocenters. The minimum absolute atomic E-state index is 0.108. The number of imidazole rings is 1. The van der Waals surface area contributed by atoms with Crippen LogP contribution in [0.5, 0.6) is 0 Å². The van der Waals surface area contributed by atoms with Crippen LogP contribution >= 0.6 is 11.8 Å². The number of nitrogens with one attached hydrogen (secondary N) is 2. The molecule has 0 spiro atoms. The van der Waals surface area contributed by atoms with Crippen molar-refractivity contribution >= 4 is 23.4 Å². The van der Waals surface area contributed by atoms with E-state index < -0.39 is 0 Å². The largest absolute Gasteiger partial charge is 0.365 e. The number of aryl methyl sites for hydroxylation is 2. The summed E-state index contributed by atoms with van der Waals surface area (Å²) < 4.78 is 1.97. The minimum Gasteiger partial charge on any atom is -0.365 e. The van der Waals surface area contributed by atoms with Crippen molar-refractivity contribution in [3.63, 3.8) is 0 Å². The van der Waals surface area contributed by atoms with Crippen LogP contribution in [0.1, 0.15) is 16.1 Å². The first kappa shape index (κ1) is 14.5. The summed E-state index contributed by atoms with van der Waals surface area (Å²) in [5, 5.41) is 3.82. The van der Waals surface area contributed by atoms with Gasteiger partial charge < -0.3 is 14.9 Å². The molecule has 2 heterocycles. The van der Waals surface area contributed by atoms with Crippen molar-refractivity contribution in [1.29, 1.82) is 0 Å². The Labute approximate surface area is 132 Å². The molecular formula is C16H16N4OS. The van der Waals surface area contributed by atoms with E-state index in [1.807, 2.05) is 49.0 Å². The van der Waals surface area contributed by atoms with Gasteiger partial charge in [-0.1, -0.05) is 11.8 Å². The van der Waals surface area contributed by atoms with Gasteiger partial charge in [-0.3, -0.25) is 4.79 Å². The van der Waals surface area contributed by atoms with E-state index >= 15 is 0 Å². The summed E-state index contributed by atoms with van der Waals surface area (Å²) in [6, 6.07) is 9.50. The van der Waals surface area contributed by atoms with Gasteiger partial charge in [0.25, 0.3) is 5.91 Å². The third kappa shape index (κ3) is 3.07. The maximum absolute atomic E-state index is 12.1. The average Bonchev–Trinajstić information content (AvgIpc) is 3.10. The summed E-state index contributed by atoms with van der Waals surface area (Å²) in [4.78, 5) is 20.5. The predicted molar refractivity (Wildman–Crippen MR) is 87.3 cm³/mol. The second-order valence-electron chi connectivity index (χ2n) is 4.92. The van der Waals surface area contributed by atoms with Crippen LogP contribution in [0.15, 0.2) is 59.0 Å². The van der Waals surface area contributed by atoms with Gasteiger partial charge in [-0.2, -0.15) is 0 Å². The fraction of sp³-hybridized carbons (Fsp3) is 0.125. The number of hydrogen-bond acceptors (Lipinski definition) is 3. The molecule has 0 bridgehead atoms. The Morgan fingerprint density at radius 1 is 1.27 bits per heavy atom. The summed E-state index contributed by atoms with van der Waals surface area (Å²) in [7, 11) is 1.96. The Morgan fingerprint density at radius 3 is 2.64 bits per heavy atom. The Morgan fingerprint density at radius 2 is 2.05 bits per heavy atom. The smallest absolute Gasteiger partial charge is 0.257 e. The normalized spacial score (nSPS) is 10.6. The lowest BCUT2D eigenvalue weighted by molar-refractivity contribution is 0.102. The van der Waals surface area contributed by atoms with Gasteiger partial charge in [-0.05, 0) is 37.3 Å². The number of anilines is 1. The fourth-order valence-electron chi connectivity index (χ4n) is 2.06. The summed E-state index contributed by atoms with van der Waals surface area (Å²) in [5.74, 6) is -0.108. The molecule has 6 heteroatoms. The van der Waals surface area contributed by atoms with Crippen molar-refractivity contribution in [1.82, 2.24) is 14.5 Å². The van der Waals surface area contributed by atoms with E-state index in [2.05, 4.69) is 15.3 Å². The summed E-state index contributed by atoms with van der Waals surface area (Å²) in [6.07, 6.45) is 5.45. The van der Waals surface area contributed by atoms with Crippen LogP contribution in [0, 0.1) is 6.92 Å². The quantitative estimate of drug-likeness (QED) is 0.775. The number of carbonyl (C=O) groups excluding carboxylic acids is 1. The van der Waals surface area contributed by atoms with Crippen molar-refractivity contribution in [3.8, 4) is 0 Å². The number of benzene rings is 1. The highest BCUT2D eigenvalue weighted by Crippen LogP contribution is 2.26. The maximum atomic E-state index is 12.1. The Balaban J connectivity index is 1.68. The number of H-pyrrole nitrogens is 1. The fourth-order valence-corrected chi connectivity index (χ4v) is 2.86. The molecule has 0 aliphatic rings. The molecule has 22 heavy (non-hydrogen) atoms. The van der Waals surface area contributed by atoms with E-state index in [1.165, 1.54) is 0 Å².